The summed E-state index contributed by atoms with van der Waals surface area (Å²) < 4.78 is 5.18. The predicted octanol–water partition coefficient (Wildman–Crippen LogP) is 2.33. The van der Waals surface area contributed by atoms with Gasteiger partial charge < -0.3 is 14.7 Å². The Morgan fingerprint density at radius 3 is 2.73 bits per heavy atom. The van der Waals surface area contributed by atoms with E-state index in [0.717, 1.165) is 42.8 Å². The minimum absolute atomic E-state index is 0.475. The maximum absolute atomic E-state index is 5.18. The van der Waals surface area contributed by atoms with Gasteiger partial charge in [-0.3, -0.25) is 0 Å². The highest BCUT2D eigenvalue weighted by Gasteiger charge is 2.15. The van der Waals surface area contributed by atoms with Crippen molar-refractivity contribution in [1.82, 2.24) is 20.1 Å². The summed E-state index contributed by atoms with van der Waals surface area (Å²) in [6, 6.07) is 1.94. The lowest BCUT2D eigenvalue weighted by molar-refractivity contribution is 0.378. The average Bonchev–Trinajstić information content (AvgIpc) is 3.01. The van der Waals surface area contributed by atoms with Crippen LogP contribution >= 0.6 is 0 Å². The summed E-state index contributed by atoms with van der Waals surface area (Å²) in [6.07, 6.45) is 4.49. The molecule has 0 atom stereocenters. The van der Waals surface area contributed by atoms with Gasteiger partial charge in [-0.1, -0.05) is 12.1 Å². The van der Waals surface area contributed by atoms with Crippen molar-refractivity contribution in [1.29, 1.82) is 0 Å². The second-order valence-electron chi connectivity index (χ2n) is 5.55. The number of piperidine rings is 1. The standard InChI is InChI=1S/C15H22N6O/c1-3-12-18-14(22-20-12)10-16-13-9-11(2)17-15(19-13)21-7-5-4-6-8-21/h9H,3-8,10H2,1-2H3,(H,16,17,19). The summed E-state index contributed by atoms with van der Waals surface area (Å²) in [7, 11) is 0. The number of aryl methyl sites for hydroxylation is 2. The van der Waals surface area contributed by atoms with Crippen molar-refractivity contribution in [3.63, 3.8) is 0 Å². The molecule has 22 heavy (non-hydrogen) atoms. The van der Waals surface area contributed by atoms with Crippen LogP contribution in [0.2, 0.25) is 0 Å². The number of hydrogen-bond donors (Lipinski definition) is 1. The van der Waals surface area contributed by atoms with Crippen LogP contribution in [-0.2, 0) is 13.0 Å². The number of aromatic nitrogens is 4. The Hall–Kier alpha value is -2.18. The number of nitrogens with zero attached hydrogens (tertiary/aromatic N) is 5. The van der Waals surface area contributed by atoms with Crippen LogP contribution in [0.25, 0.3) is 0 Å². The zero-order valence-corrected chi connectivity index (χ0v) is 13.2. The summed E-state index contributed by atoms with van der Waals surface area (Å²) in [5.41, 5.74) is 0.956. The van der Waals surface area contributed by atoms with Gasteiger partial charge in [-0.05, 0) is 26.2 Å². The Bertz CT molecular complexity index is 620. The van der Waals surface area contributed by atoms with E-state index in [0.29, 0.717) is 12.4 Å². The molecule has 1 aliphatic heterocycles. The van der Waals surface area contributed by atoms with E-state index in [2.05, 4.69) is 30.3 Å². The Morgan fingerprint density at radius 1 is 1.18 bits per heavy atom. The van der Waals surface area contributed by atoms with Gasteiger partial charge in [0.2, 0.25) is 11.8 Å². The van der Waals surface area contributed by atoms with Crippen LogP contribution < -0.4 is 10.2 Å². The van der Waals surface area contributed by atoms with Gasteiger partial charge in [0, 0.05) is 31.3 Å². The first kappa shape index (κ1) is 14.7. The predicted molar refractivity (Wildman–Crippen MR) is 83.8 cm³/mol. The minimum atomic E-state index is 0.475. The zero-order valence-electron chi connectivity index (χ0n) is 13.2. The average molecular weight is 302 g/mol. The molecular weight excluding hydrogens is 280 g/mol. The normalized spacial score (nSPS) is 15.1. The van der Waals surface area contributed by atoms with E-state index in [1.807, 2.05) is 19.9 Å². The van der Waals surface area contributed by atoms with Gasteiger partial charge in [0.1, 0.15) is 5.82 Å². The SMILES string of the molecule is CCc1noc(CNc2cc(C)nc(N3CCCCC3)n2)n1. The molecule has 3 heterocycles. The lowest BCUT2D eigenvalue weighted by Gasteiger charge is -2.27. The van der Waals surface area contributed by atoms with Crippen molar-refractivity contribution in [3.05, 3.63) is 23.5 Å². The first-order valence-electron chi connectivity index (χ1n) is 7.90. The van der Waals surface area contributed by atoms with Gasteiger partial charge in [0.25, 0.3) is 0 Å². The second kappa shape index (κ2) is 6.72. The number of rotatable bonds is 5. The second-order valence-corrected chi connectivity index (χ2v) is 5.55. The largest absolute Gasteiger partial charge is 0.361 e. The van der Waals surface area contributed by atoms with Crippen LogP contribution in [0, 0.1) is 6.92 Å². The summed E-state index contributed by atoms with van der Waals surface area (Å²) in [5.74, 6) is 2.91. The maximum atomic E-state index is 5.18. The zero-order chi connectivity index (χ0) is 15.4. The van der Waals surface area contributed by atoms with Crippen LogP contribution in [0.4, 0.5) is 11.8 Å². The molecule has 0 unspecified atom stereocenters. The summed E-state index contributed by atoms with van der Waals surface area (Å²) >= 11 is 0. The Kier molecular flexibility index (Phi) is 4.50. The number of anilines is 2. The molecule has 0 aliphatic carbocycles. The van der Waals surface area contributed by atoms with Crippen molar-refractivity contribution in [2.75, 3.05) is 23.3 Å². The van der Waals surface area contributed by atoms with E-state index < -0.39 is 0 Å². The molecular formula is C15H22N6O. The van der Waals surface area contributed by atoms with E-state index in [4.69, 9.17) is 4.52 Å². The molecule has 1 fully saturated rings. The van der Waals surface area contributed by atoms with Crippen molar-refractivity contribution in [2.45, 2.75) is 46.1 Å². The van der Waals surface area contributed by atoms with E-state index in [1.54, 1.807) is 0 Å². The summed E-state index contributed by atoms with van der Waals surface area (Å²) in [6.45, 7) is 6.53. The topological polar surface area (TPSA) is 80.0 Å². The smallest absolute Gasteiger partial charge is 0.245 e. The third-order valence-corrected chi connectivity index (χ3v) is 3.73. The van der Waals surface area contributed by atoms with E-state index >= 15 is 0 Å². The van der Waals surface area contributed by atoms with Gasteiger partial charge in [-0.2, -0.15) is 9.97 Å². The third kappa shape index (κ3) is 3.52. The van der Waals surface area contributed by atoms with Crippen LogP contribution in [0.1, 0.15) is 43.6 Å². The van der Waals surface area contributed by atoms with E-state index in [1.165, 1.54) is 19.3 Å². The highest BCUT2D eigenvalue weighted by molar-refractivity contribution is 5.43. The van der Waals surface area contributed by atoms with Gasteiger partial charge in [-0.15, -0.1) is 0 Å². The lowest BCUT2D eigenvalue weighted by Crippen LogP contribution is -2.31. The fraction of sp³-hybridized carbons (Fsp3) is 0.600. The van der Waals surface area contributed by atoms with Crippen molar-refractivity contribution in [3.8, 4) is 0 Å². The molecule has 3 rings (SSSR count). The van der Waals surface area contributed by atoms with Gasteiger partial charge in [0.15, 0.2) is 5.82 Å². The summed E-state index contributed by atoms with van der Waals surface area (Å²) in [5, 5.41) is 7.13. The number of nitrogens with one attached hydrogen (secondary N) is 1. The van der Waals surface area contributed by atoms with E-state index in [-0.39, 0.29) is 0 Å². The van der Waals surface area contributed by atoms with E-state index in [9.17, 15) is 0 Å². The molecule has 7 heteroatoms. The molecule has 1 saturated heterocycles. The monoisotopic (exact) mass is 302 g/mol. The Labute approximate surface area is 130 Å². The van der Waals surface area contributed by atoms with Crippen LogP contribution in [-0.4, -0.2) is 33.2 Å². The molecule has 0 saturated carbocycles. The fourth-order valence-electron chi connectivity index (χ4n) is 2.55. The molecule has 0 bridgehead atoms. The Balaban J connectivity index is 1.68. The van der Waals surface area contributed by atoms with Crippen molar-refractivity contribution >= 4 is 11.8 Å². The van der Waals surface area contributed by atoms with Crippen LogP contribution in [0.15, 0.2) is 10.6 Å². The van der Waals surface area contributed by atoms with Crippen LogP contribution in [0.3, 0.4) is 0 Å². The highest BCUT2D eigenvalue weighted by atomic mass is 16.5. The molecule has 7 nitrogen and oxygen atoms in total. The fourth-order valence-corrected chi connectivity index (χ4v) is 2.55. The molecule has 0 aromatic carbocycles. The third-order valence-electron chi connectivity index (χ3n) is 3.73. The van der Waals surface area contributed by atoms with Crippen LogP contribution in [0.5, 0.6) is 0 Å². The van der Waals surface area contributed by atoms with Crippen molar-refractivity contribution in [2.24, 2.45) is 0 Å². The molecule has 0 spiro atoms. The van der Waals surface area contributed by atoms with Gasteiger partial charge >= 0.3 is 0 Å². The molecule has 118 valence electrons. The molecule has 1 N–H and O–H groups in total. The first-order chi connectivity index (χ1) is 10.7. The lowest BCUT2D eigenvalue weighted by atomic mass is 10.1. The Morgan fingerprint density at radius 2 is 2.00 bits per heavy atom. The molecule has 0 amide bonds. The van der Waals surface area contributed by atoms with Crippen molar-refractivity contribution < 1.29 is 4.52 Å². The first-order valence-corrected chi connectivity index (χ1v) is 7.90. The highest BCUT2D eigenvalue weighted by Crippen LogP contribution is 2.18. The minimum Gasteiger partial charge on any atom is -0.361 e. The summed E-state index contributed by atoms with van der Waals surface area (Å²) in [4.78, 5) is 15.7. The molecule has 1 aliphatic rings. The molecule has 2 aromatic heterocycles. The van der Waals surface area contributed by atoms with Gasteiger partial charge in [-0.25, -0.2) is 4.98 Å². The maximum Gasteiger partial charge on any atom is 0.245 e. The quantitative estimate of drug-likeness (QED) is 0.907. The van der Waals surface area contributed by atoms with Gasteiger partial charge in [0.05, 0.1) is 6.54 Å². The number of hydrogen-bond acceptors (Lipinski definition) is 7. The molecule has 2 aromatic rings. The molecule has 0 radical (unpaired) electrons.